The second-order valence-electron chi connectivity index (χ2n) is 7.57. The number of carbonyl (C=O) groups excluding carboxylic acids is 1. The number of H-pyrrole nitrogens is 1. The van der Waals surface area contributed by atoms with Crippen molar-refractivity contribution in [3.05, 3.63) is 59.9 Å². The predicted molar refractivity (Wildman–Crippen MR) is 116 cm³/mol. The van der Waals surface area contributed by atoms with E-state index in [1.165, 1.54) is 0 Å². The van der Waals surface area contributed by atoms with Crippen LogP contribution in [0, 0.1) is 0 Å². The van der Waals surface area contributed by atoms with Crippen LogP contribution in [0.25, 0.3) is 11.0 Å². The van der Waals surface area contributed by atoms with Gasteiger partial charge in [-0.15, -0.1) is 0 Å². The highest BCUT2D eigenvalue weighted by molar-refractivity contribution is 5.94. The molecule has 4 rings (SSSR count). The maximum absolute atomic E-state index is 12.2. The van der Waals surface area contributed by atoms with E-state index in [1.807, 2.05) is 36.4 Å². The van der Waals surface area contributed by atoms with Crippen LogP contribution >= 0.6 is 0 Å². The summed E-state index contributed by atoms with van der Waals surface area (Å²) in [5, 5.41) is 2.83. The SMILES string of the molecule is COCCNC(=O)c1cccc(OC2CCN(Cc3nc4ccccc4[nH]3)CC2)c1. The lowest BCUT2D eigenvalue weighted by atomic mass is 10.1. The van der Waals surface area contributed by atoms with Crippen molar-refractivity contribution >= 4 is 16.9 Å². The Morgan fingerprint density at radius 1 is 1.20 bits per heavy atom. The molecule has 0 unspecified atom stereocenters. The second kappa shape index (κ2) is 9.73. The molecule has 2 N–H and O–H groups in total. The van der Waals surface area contributed by atoms with Gasteiger partial charge < -0.3 is 19.8 Å². The molecule has 0 bridgehead atoms. The van der Waals surface area contributed by atoms with E-state index in [9.17, 15) is 4.79 Å². The van der Waals surface area contributed by atoms with Crippen LogP contribution in [-0.2, 0) is 11.3 Å². The number of hydrogen-bond donors (Lipinski definition) is 2. The van der Waals surface area contributed by atoms with Crippen molar-refractivity contribution in [2.75, 3.05) is 33.4 Å². The number of piperidine rings is 1. The highest BCUT2D eigenvalue weighted by Gasteiger charge is 2.21. The molecule has 0 aliphatic carbocycles. The molecule has 30 heavy (non-hydrogen) atoms. The largest absolute Gasteiger partial charge is 0.490 e. The molecule has 7 heteroatoms. The molecule has 158 valence electrons. The summed E-state index contributed by atoms with van der Waals surface area (Å²) in [6.07, 6.45) is 2.05. The summed E-state index contributed by atoms with van der Waals surface area (Å²) in [5.74, 6) is 1.63. The molecule has 0 radical (unpaired) electrons. The zero-order valence-corrected chi connectivity index (χ0v) is 17.3. The van der Waals surface area contributed by atoms with Gasteiger partial charge in [-0.05, 0) is 43.2 Å². The van der Waals surface area contributed by atoms with E-state index in [-0.39, 0.29) is 12.0 Å². The van der Waals surface area contributed by atoms with Crippen molar-refractivity contribution in [1.82, 2.24) is 20.2 Å². The second-order valence-corrected chi connectivity index (χ2v) is 7.57. The molecular formula is C23H28N4O3. The normalized spacial score (nSPS) is 15.4. The molecule has 1 saturated heterocycles. The Morgan fingerprint density at radius 2 is 2.03 bits per heavy atom. The molecule has 7 nitrogen and oxygen atoms in total. The highest BCUT2D eigenvalue weighted by Crippen LogP contribution is 2.21. The van der Waals surface area contributed by atoms with Crippen LogP contribution in [0.1, 0.15) is 29.0 Å². The quantitative estimate of drug-likeness (QED) is 0.560. The molecule has 1 aromatic heterocycles. The summed E-state index contributed by atoms with van der Waals surface area (Å²) in [7, 11) is 1.61. The minimum absolute atomic E-state index is 0.113. The average Bonchev–Trinajstić information content (AvgIpc) is 3.18. The van der Waals surface area contributed by atoms with Crippen LogP contribution in [0.5, 0.6) is 5.75 Å². The number of aromatic amines is 1. The minimum atomic E-state index is -0.113. The molecule has 1 amide bonds. The molecule has 2 aromatic carbocycles. The fraction of sp³-hybridized carbons (Fsp3) is 0.391. The lowest BCUT2D eigenvalue weighted by molar-refractivity contribution is 0.0922. The van der Waals surface area contributed by atoms with Crippen molar-refractivity contribution in [2.45, 2.75) is 25.5 Å². The van der Waals surface area contributed by atoms with E-state index in [2.05, 4.69) is 26.3 Å². The number of nitrogens with one attached hydrogen (secondary N) is 2. The van der Waals surface area contributed by atoms with Crippen molar-refractivity contribution < 1.29 is 14.3 Å². The minimum Gasteiger partial charge on any atom is -0.490 e. The number of likely N-dealkylation sites (tertiary alicyclic amines) is 1. The number of benzene rings is 2. The van der Waals surface area contributed by atoms with Crippen molar-refractivity contribution in [3.63, 3.8) is 0 Å². The Kier molecular flexibility index (Phi) is 6.61. The van der Waals surface area contributed by atoms with Gasteiger partial charge in [0.05, 0.1) is 24.2 Å². The Bertz CT molecular complexity index is 946. The van der Waals surface area contributed by atoms with E-state index in [4.69, 9.17) is 9.47 Å². The van der Waals surface area contributed by atoms with Gasteiger partial charge in [-0.25, -0.2) is 4.98 Å². The van der Waals surface area contributed by atoms with E-state index in [1.54, 1.807) is 13.2 Å². The van der Waals surface area contributed by atoms with Gasteiger partial charge in [0, 0.05) is 32.3 Å². The predicted octanol–water partition coefficient (Wildman–Crippen LogP) is 2.98. The lowest BCUT2D eigenvalue weighted by Gasteiger charge is -2.31. The van der Waals surface area contributed by atoms with Crippen LogP contribution in [0.2, 0.25) is 0 Å². The average molecular weight is 409 g/mol. The smallest absolute Gasteiger partial charge is 0.251 e. The van der Waals surface area contributed by atoms with E-state index in [0.29, 0.717) is 18.7 Å². The van der Waals surface area contributed by atoms with Crippen molar-refractivity contribution in [3.8, 4) is 5.75 Å². The van der Waals surface area contributed by atoms with Crippen molar-refractivity contribution in [1.29, 1.82) is 0 Å². The van der Waals surface area contributed by atoms with Gasteiger partial charge >= 0.3 is 0 Å². The first-order valence-corrected chi connectivity index (χ1v) is 10.4. The topological polar surface area (TPSA) is 79.5 Å². The van der Waals surface area contributed by atoms with Crippen LogP contribution in [0.4, 0.5) is 0 Å². The molecule has 0 atom stereocenters. The number of rotatable bonds is 8. The summed E-state index contributed by atoms with van der Waals surface area (Å²) in [4.78, 5) is 22.7. The van der Waals surface area contributed by atoms with Gasteiger partial charge in [-0.3, -0.25) is 9.69 Å². The van der Waals surface area contributed by atoms with Gasteiger partial charge in [0.1, 0.15) is 17.7 Å². The number of nitrogens with zero attached hydrogens (tertiary/aromatic N) is 2. The van der Waals surface area contributed by atoms with Gasteiger partial charge in [-0.1, -0.05) is 18.2 Å². The van der Waals surface area contributed by atoms with Crippen LogP contribution in [-0.4, -0.2) is 60.2 Å². The first kappa shape index (κ1) is 20.4. The number of para-hydroxylation sites is 2. The van der Waals surface area contributed by atoms with Crippen LogP contribution in [0.3, 0.4) is 0 Å². The standard InChI is InChI=1S/C23H28N4O3/c1-29-14-11-24-23(28)17-5-4-6-19(15-17)30-18-9-12-27(13-10-18)16-22-25-20-7-2-3-8-21(20)26-22/h2-8,15,18H,9-14,16H2,1H3,(H,24,28)(H,25,26). The highest BCUT2D eigenvalue weighted by atomic mass is 16.5. The van der Waals surface area contributed by atoms with Crippen LogP contribution < -0.4 is 10.1 Å². The van der Waals surface area contributed by atoms with Crippen molar-refractivity contribution in [2.24, 2.45) is 0 Å². The number of carbonyl (C=O) groups is 1. The first-order chi connectivity index (χ1) is 14.7. The van der Waals surface area contributed by atoms with E-state index >= 15 is 0 Å². The van der Waals surface area contributed by atoms with Gasteiger partial charge in [0.15, 0.2) is 0 Å². The first-order valence-electron chi connectivity index (χ1n) is 10.4. The Balaban J connectivity index is 1.27. The fourth-order valence-electron chi connectivity index (χ4n) is 3.75. The van der Waals surface area contributed by atoms with Crippen LogP contribution in [0.15, 0.2) is 48.5 Å². The van der Waals surface area contributed by atoms with Gasteiger partial charge in [-0.2, -0.15) is 0 Å². The van der Waals surface area contributed by atoms with Gasteiger partial charge in [0.25, 0.3) is 5.91 Å². The zero-order valence-electron chi connectivity index (χ0n) is 17.3. The maximum atomic E-state index is 12.2. The zero-order chi connectivity index (χ0) is 20.8. The molecule has 1 fully saturated rings. The van der Waals surface area contributed by atoms with E-state index in [0.717, 1.165) is 55.1 Å². The third-order valence-electron chi connectivity index (χ3n) is 5.34. The number of amides is 1. The fourth-order valence-corrected chi connectivity index (χ4v) is 3.75. The lowest BCUT2D eigenvalue weighted by Crippen LogP contribution is -2.38. The van der Waals surface area contributed by atoms with Gasteiger partial charge in [0.2, 0.25) is 0 Å². The monoisotopic (exact) mass is 408 g/mol. The number of hydrogen-bond acceptors (Lipinski definition) is 5. The number of fused-ring (bicyclic) bond motifs is 1. The third kappa shape index (κ3) is 5.17. The summed E-state index contributed by atoms with van der Waals surface area (Å²) >= 11 is 0. The number of imidazole rings is 1. The molecule has 2 heterocycles. The molecule has 0 spiro atoms. The number of aromatic nitrogens is 2. The van der Waals surface area contributed by atoms with E-state index < -0.39 is 0 Å². The molecule has 0 saturated carbocycles. The Labute approximate surface area is 176 Å². The molecular weight excluding hydrogens is 380 g/mol. The summed E-state index contributed by atoms with van der Waals surface area (Å²) in [6, 6.07) is 15.5. The summed E-state index contributed by atoms with van der Waals surface area (Å²) in [6.45, 7) is 3.72. The molecule has 1 aliphatic heterocycles. The number of methoxy groups -OCH3 is 1. The number of ether oxygens (including phenoxy) is 2. The molecule has 3 aromatic rings. The summed E-state index contributed by atoms with van der Waals surface area (Å²) in [5.41, 5.74) is 2.69. The molecule has 1 aliphatic rings. The Morgan fingerprint density at radius 3 is 2.83 bits per heavy atom. The summed E-state index contributed by atoms with van der Waals surface area (Å²) < 4.78 is 11.1. The maximum Gasteiger partial charge on any atom is 0.251 e. The third-order valence-corrected chi connectivity index (χ3v) is 5.34. The Hall–Kier alpha value is -2.90.